The summed E-state index contributed by atoms with van der Waals surface area (Å²) in [7, 11) is 0. The fourth-order valence-electron chi connectivity index (χ4n) is 5.15. The van der Waals surface area contributed by atoms with Gasteiger partial charge in [-0.25, -0.2) is 0 Å². The first-order chi connectivity index (χ1) is 18.6. The molecular weight excluding hydrogens is 500 g/mol. The Hall–Kier alpha value is -4.98. The lowest BCUT2D eigenvalue weighted by Crippen LogP contribution is -2.08. The molecule has 4 aromatic carbocycles. The Morgan fingerprint density at radius 3 is 1.72 bits per heavy atom. The van der Waals surface area contributed by atoms with Crippen molar-refractivity contribution in [2.45, 2.75) is 25.7 Å². The molecule has 0 saturated heterocycles. The molecule has 0 spiro atoms. The van der Waals surface area contributed by atoms with E-state index in [1.54, 1.807) is 36.4 Å². The normalized spacial score (nSPS) is 15.2. The second-order valence-corrected chi connectivity index (χ2v) is 9.88. The Bertz CT molecular complexity index is 1650. The maximum atomic E-state index is 11.5. The standard InChI is InChI=1S/C31H28O8/c32-22-5-1-16(12-26(22)36)9-19-4-8-25(35)29-20(10-17-2-6-23(33)27(37)13-17)15-21(31(39)30(19)29)11-18-3-7-24(34)28(38)14-18/h2-8,12-16,32-39H,1,9-11H2. The molecule has 0 aromatic heterocycles. The van der Waals surface area contributed by atoms with Crippen LogP contribution in [0, 0.1) is 5.92 Å². The van der Waals surface area contributed by atoms with Crippen molar-refractivity contribution in [3.63, 3.8) is 0 Å². The van der Waals surface area contributed by atoms with Crippen molar-refractivity contribution in [3.8, 4) is 34.5 Å². The Morgan fingerprint density at radius 2 is 1.13 bits per heavy atom. The molecule has 8 N–H and O–H groups in total. The third-order valence-electron chi connectivity index (χ3n) is 7.10. The highest BCUT2D eigenvalue weighted by atomic mass is 16.3. The molecule has 39 heavy (non-hydrogen) atoms. The van der Waals surface area contributed by atoms with Gasteiger partial charge in [-0.3, -0.25) is 0 Å². The first-order valence-electron chi connectivity index (χ1n) is 12.4. The monoisotopic (exact) mass is 528 g/mol. The minimum atomic E-state index is -0.286. The van der Waals surface area contributed by atoms with E-state index in [0.29, 0.717) is 51.4 Å². The number of hydrogen-bond donors (Lipinski definition) is 8. The molecule has 1 aliphatic rings. The minimum Gasteiger partial charge on any atom is -0.507 e. The third-order valence-corrected chi connectivity index (χ3v) is 7.10. The third kappa shape index (κ3) is 5.09. The van der Waals surface area contributed by atoms with Gasteiger partial charge in [-0.1, -0.05) is 24.3 Å². The van der Waals surface area contributed by atoms with E-state index in [2.05, 4.69) is 0 Å². The maximum Gasteiger partial charge on any atom is 0.157 e. The van der Waals surface area contributed by atoms with Gasteiger partial charge >= 0.3 is 0 Å². The number of rotatable bonds is 6. The summed E-state index contributed by atoms with van der Waals surface area (Å²) in [5.74, 6) is -1.72. The van der Waals surface area contributed by atoms with Gasteiger partial charge < -0.3 is 40.9 Å². The number of phenolic OH excluding ortho intramolecular Hbond substituents is 6. The molecule has 1 atom stereocenters. The fraction of sp³-hybridized carbons (Fsp3) is 0.161. The lowest BCUT2D eigenvalue weighted by atomic mass is 9.86. The van der Waals surface area contributed by atoms with Crippen molar-refractivity contribution in [1.29, 1.82) is 0 Å². The van der Waals surface area contributed by atoms with E-state index in [0.717, 1.165) is 0 Å². The first kappa shape index (κ1) is 25.7. The maximum absolute atomic E-state index is 11.5. The van der Waals surface area contributed by atoms with Crippen molar-refractivity contribution in [1.82, 2.24) is 0 Å². The van der Waals surface area contributed by atoms with E-state index in [-0.39, 0.29) is 64.8 Å². The van der Waals surface area contributed by atoms with Crippen LogP contribution in [-0.4, -0.2) is 40.9 Å². The van der Waals surface area contributed by atoms with Gasteiger partial charge in [-0.05, 0) is 95.5 Å². The van der Waals surface area contributed by atoms with Gasteiger partial charge in [0.2, 0.25) is 0 Å². The number of aromatic hydroxyl groups is 6. The van der Waals surface area contributed by atoms with Crippen molar-refractivity contribution in [2.75, 3.05) is 0 Å². The molecule has 0 aliphatic heterocycles. The summed E-state index contributed by atoms with van der Waals surface area (Å²) in [6.45, 7) is 0. The summed E-state index contributed by atoms with van der Waals surface area (Å²) in [6.07, 6.45) is 4.45. The summed E-state index contributed by atoms with van der Waals surface area (Å²) < 4.78 is 0. The number of hydrogen-bond acceptors (Lipinski definition) is 8. The second-order valence-electron chi connectivity index (χ2n) is 9.88. The topological polar surface area (TPSA) is 162 Å². The molecule has 200 valence electrons. The average molecular weight is 529 g/mol. The van der Waals surface area contributed by atoms with Crippen LogP contribution < -0.4 is 0 Å². The fourth-order valence-corrected chi connectivity index (χ4v) is 5.15. The molecule has 5 rings (SSSR count). The van der Waals surface area contributed by atoms with Crippen LogP contribution in [0.1, 0.15) is 34.2 Å². The zero-order chi connectivity index (χ0) is 27.8. The largest absolute Gasteiger partial charge is 0.507 e. The van der Waals surface area contributed by atoms with E-state index in [9.17, 15) is 40.9 Å². The van der Waals surface area contributed by atoms with Crippen LogP contribution in [0.15, 0.2) is 78.3 Å². The number of aliphatic hydroxyl groups excluding tert-OH is 2. The molecule has 4 aromatic rings. The van der Waals surface area contributed by atoms with Gasteiger partial charge in [0.15, 0.2) is 34.5 Å². The highest BCUT2D eigenvalue weighted by Crippen LogP contribution is 2.42. The number of phenols is 6. The highest BCUT2D eigenvalue weighted by molar-refractivity contribution is 5.99. The van der Waals surface area contributed by atoms with Gasteiger partial charge in [0.1, 0.15) is 11.5 Å². The minimum absolute atomic E-state index is 0.0459. The van der Waals surface area contributed by atoms with Crippen LogP contribution in [0.4, 0.5) is 0 Å². The van der Waals surface area contributed by atoms with Crippen LogP contribution >= 0.6 is 0 Å². The highest BCUT2D eigenvalue weighted by Gasteiger charge is 2.22. The molecule has 0 radical (unpaired) electrons. The lowest BCUT2D eigenvalue weighted by Gasteiger charge is -2.21. The molecule has 0 bridgehead atoms. The smallest absolute Gasteiger partial charge is 0.157 e. The predicted octanol–water partition coefficient (Wildman–Crippen LogP) is 5.70. The summed E-state index contributed by atoms with van der Waals surface area (Å²) in [6, 6.07) is 13.9. The van der Waals surface area contributed by atoms with Crippen LogP contribution in [0.5, 0.6) is 34.5 Å². The van der Waals surface area contributed by atoms with Crippen LogP contribution in [0.3, 0.4) is 0 Å². The van der Waals surface area contributed by atoms with Crippen LogP contribution in [0.25, 0.3) is 10.8 Å². The predicted molar refractivity (Wildman–Crippen MR) is 146 cm³/mol. The van der Waals surface area contributed by atoms with E-state index in [1.165, 1.54) is 30.3 Å². The number of aliphatic hydroxyl groups is 2. The molecular formula is C31H28O8. The molecule has 1 aliphatic carbocycles. The number of benzene rings is 4. The van der Waals surface area contributed by atoms with Crippen LogP contribution in [0.2, 0.25) is 0 Å². The zero-order valence-corrected chi connectivity index (χ0v) is 20.8. The van der Waals surface area contributed by atoms with Crippen molar-refractivity contribution in [2.24, 2.45) is 5.92 Å². The SMILES string of the molecule is OC1=CCC(Cc2ccc(O)c3c(Cc4ccc(O)c(O)c4)cc(Cc4ccc(O)c(O)c4)c(O)c23)C=C1O. The number of allylic oxidation sites excluding steroid dienone is 2. The van der Waals surface area contributed by atoms with Gasteiger partial charge in [-0.15, -0.1) is 0 Å². The van der Waals surface area contributed by atoms with Gasteiger partial charge in [0, 0.05) is 17.2 Å². The Morgan fingerprint density at radius 1 is 0.538 bits per heavy atom. The molecule has 8 heteroatoms. The van der Waals surface area contributed by atoms with E-state index in [1.807, 2.05) is 0 Å². The van der Waals surface area contributed by atoms with Crippen LogP contribution in [-0.2, 0) is 19.3 Å². The van der Waals surface area contributed by atoms with Gasteiger partial charge in [0.05, 0.1) is 0 Å². The van der Waals surface area contributed by atoms with Crippen molar-refractivity contribution >= 4 is 10.8 Å². The summed E-state index contributed by atoms with van der Waals surface area (Å²) >= 11 is 0. The van der Waals surface area contributed by atoms with Crippen molar-refractivity contribution < 1.29 is 40.9 Å². The second kappa shape index (κ2) is 10.1. The molecule has 0 saturated carbocycles. The number of fused-ring (bicyclic) bond motifs is 1. The van der Waals surface area contributed by atoms with Gasteiger partial charge in [0.25, 0.3) is 0 Å². The lowest BCUT2D eigenvalue weighted by molar-refractivity contribution is 0.312. The molecule has 1 unspecified atom stereocenters. The molecule has 0 fully saturated rings. The average Bonchev–Trinajstić information content (AvgIpc) is 2.89. The van der Waals surface area contributed by atoms with E-state index in [4.69, 9.17) is 0 Å². The van der Waals surface area contributed by atoms with Gasteiger partial charge in [-0.2, -0.15) is 0 Å². The quantitative estimate of drug-likeness (QED) is 0.148. The van der Waals surface area contributed by atoms with E-state index < -0.39 is 0 Å². The summed E-state index contributed by atoms with van der Waals surface area (Å²) in [5.41, 5.74) is 3.18. The first-order valence-corrected chi connectivity index (χ1v) is 12.4. The molecule has 0 heterocycles. The van der Waals surface area contributed by atoms with Crippen molar-refractivity contribution in [3.05, 3.63) is 106 Å². The summed E-state index contributed by atoms with van der Waals surface area (Å²) in [5, 5.41) is 82.5. The van der Waals surface area contributed by atoms with E-state index >= 15 is 0 Å². The molecule has 0 amide bonds. The Kier molecular flexibility index (Phi) is 6.62. The summed E-state index contributed by atoms with van der Waals surface area (Å²) in [4.78, 5) is 0. The Labute approximate surface area is 223 Å². The Balaban J connectivity index is 1.67. The molecule has 8 nitrogen and oxygen atoms in total. The zero-order valence-electron chi connectivity index (χ0n) is 20.8.